The largest absolute Gasteiger partial charge is 0.457 e. The number of nitro groups is 1. The smallest absolute Gasteiger partial charge is 0.273 e. The summed E-state index contributed by atoms with van der Waals surface area (Å²) in [4.78, 5) is 21.1. The van der Waals surface area contributed by atoms with Crippen molar-refractivity contribution < 1.29 is 14.1 Å². The van der Waals surface area contributed by atoms with Crippen LogP contribution in [0.15, 0.2) is 40.8 Å². The Morgan fingerprint density at radius 2 is 2.10 bits per heavy atom. The monoisotopic (exact) mass is 272 g/mol. The van der Waals surface area contributed by atoms with Crippen LogP contribution in [0, 0.1) is 17.0 Å². The van der Waals surface area contributed by atoms with E-state index in [1.54, 1.807) is 31.2 Å². The molecule has 1 aromatic carbocycles. The van der Waals surface area contributed by atoms with Gasteiger partial charge in [0.05, 0.1) is 4.92 Å². The van der Waals surface area contributed by atoms with Gasteiger partial charge >= 0.3 is 0 Å². The van der Waals surface area contributed by atoms with Gasteiger partial charge in [-0.05, 0) is 25.1 Å². The lowest BCUT2D eigenvalue weighted by Crippen LogP contribution is -2.04. The predicted molar refractivity (Wildman–Crippen MR) is 73.8 cm³/mol. The summed E-state index contributed by atoms with van der Waals surface area (Å²) in [5, 5.41) is 10.9. The highest BCUT2D eigenvalue weighted by Gasteiger charge is 2.16. The van der Waals surface area contributed by atoms with Gasteiger partial charge in [-0.1, -0.05) is 12.1 Å². The Hall–Kier alpha value is -2.89. The van der Waals surface area contributed by atoms with Crippen LogP contribution in [0.2, 0.25) is 0 Å². The number of nitrogens with two attached hydrogens (primary N) is 1. The molecular weight excluding hydrogens is 260 g/mol. The number of primary amides is 1. The van der Waals surface area contributed by atoms with Crippen LogP contribution in [0.4, 0.5) is 5.69 Å². The van der Waals surface area contributed by atoms with Crippen LogP contribution in [0.5, 0.6) is 0 Å². The number of amides is 1. The van der Waals surface area contributed by atoms with E-state index in [9.17, 15) is 14.9 Å². The van der Waals surface area contributed by atoms with Gasteiger partial charge in [0.15, 0.2) is 0 Å². The van der Waals surface area contributed by atoms with E-state index < -0.39 is 10.8 Å². The SMILES string of the molecule is Cc1c(-c2ccc(/C=C/C(N)=O)o2)cccc1[N+](=O)[O-]. The summed E-state index contributed by atoms with van der Waals surface area (Å²) in [6.07, 6.45) is 2.63. The molecule has 1 amide bonds. The average molecular weight is 272 g/mol. The lowest BCUT2D eigenvalue weighted by atomic mass is 10.1. The molecule has 0 radical (unpaired) electrons. The van der Waals surface area contributed by atoms with Crippen molar-refractivity contribution >= 4 is 17.7 Å². The number of furan rings is 1. The van der Waals surface area contributed by atoms with E-state index in [4.69, 9.17) is 10.2 Å². The second-order valence-electron chi connectivity index (χ2n) is 4.14. The summed E-state index contributed by atoms with van der Waals surface area (Å²) < 4.78 is 5.52. The van der Waals surface area contributed by atoms with Crippen LogP contribution in [0.1, 0.15) is 11.3 Å². The van der Waals surface area contributed by atoms with Gasteiger partial charge in [0.25, 0.3) is 5.69 Å². The number of carbonyl (C=O) groups excluding carboxylic acids is 1. The summed E-state index contributed by atoms with van der Waals surface area (Å²) in [7, 11) is 0. The first-order valence-electron chi connectivity index (χ1n) is 5.81. The van der Waals surface area contributed by atoms with Crippen LogP contribution in [0.25, 0.3) is 17.4 Å². The molecule has 0 aliphatic carbocycles. The van der Waals surface area contributed by atoms with Crippen molar-refractivity contribution in [3.63, 3.8) is 0 Å². The molecule has 102 valence electrons. The van der Waals surface area contributed by atoms with Crippen molar-refractivity contribution in [1.29, 1.82) is 0 Å². The summed E-state index contributed by atoms with van der Waals surface area (Å²) >= 11 is 0. The van der Waals surface area contributed by atoms with Crippen LogP contribution >= 0.6 is 0 Å². The molecular formula is C14H12N2O4. The molecule has 2 rings (SSSR count). The summed E-state index contributed by atoms with van der Waals surface area (Å²) in [6.45, 7) is 1.66. The molecule has 0 bridgehead atoms. The normalized spacial score (nSPS) is 10.8. The second-order valence-corrected chi connectivity index (χ2v) is 4.14. The van der Waals surface area contributed by atoms with E-state index >= 15 is 0 Å². The van der Waals surface area contributed by atoms with Gasteiger partial charge in [-0.3, -0.25) is 14.9 Å². The van der Waals surface area contributed by atoms with Gasteiger partial charge < -0.3 is 10.2 Å². The van der Waals surface area contributed by atoms with Crippen LogP contribution in [-0.2, 0) is 4.79 Å². The number of nitrogens with zero attached hydrogens (tertiary/aromatic N) is 1. The summed E-state index contributed by atoms with van der Waals surface area (Å²) in [5.41, 5.74) is 6.19. The van der Waals surface area contributed by atoms with Gasteiger partial charge in [0.2, 0.25) is 5.91 Å². The molecule has 0 fully saturated rings. The molecule has 0 atom stereocenters. The molecule has 20 heavy (non-hydrogen) atoms. The van der Waals surface area contributed by atoms with Crippen molar-refractivity contribution in [2.24, 2.45) is 5.73 Å². The van der Waals surface area contributed by atoms with E-state index in [1.165, 1.54) is 18.2 Å². The van der Waals surface area contributed by atoms with Crippen LogP contribution in [0.3, 0.4) is 0 Å². The van der Waals surface area contributed by atoms with E-state index in [0.29, 0.717) is 22.6 Å². The average Bonchev–Trinajstić information content (AvgIpc) is 2.85. The topological polar surface area (TPSA) is 99.4 Å². The Morgan fingerprint density at radius 3 is 2.75 bits per heavy atom. The number of benzene rings is 1. The number of hydrogen-bond acceptors (Lipinski definition) is 4. The quantitative estimate of drug-likeness (QED) is 0.525. The van der Waals surface area contributed by atoms with Crippen molar-refractivity contribution in [2.45, 2.75) is 6.92 Å². The number of rotatable bonds is 4. The standard InChI is InChI=1S/C14H12N2O4/c1-9-11(3-2-4-12(9)16(18)19)13-7-5-10(20-13)6-8-14(15)17/h2-8H,1H3,(H2,15,17)/b8-6+. The predicted octanol–water partition coefficient (Wildman–Crippen LogP) is 2.66. The minimum Gasteiger partial charge on any atom is -0.457 e. The van der Waals surface area contributed by atoms with Crippen molar-refractivity contribution in [3.8, 4) is 11.3 Å². The second kappa shape index (κ2) is 5.40. The Kier molecular flexibility index (Phi) is 3.65. The zero-order chi connectivity index (χ0) is 14.7. The molecule has 1 heterocycles. The highest BCUT2D eigenvalue weighted by molar-refractivity contribution is 5.89. The van der Waals surface area contributed by atoms with E-state index in [2.05, 4.69) is 0 Å². The number of hydrogen-bond donors (Lipinski definition) is 1. The molecule has 0 aliphatic heterocycles. The third-order valence-electron chi connectivity index (χ3n) is 2.81. The minimum atomic E-state index is -0.575. The number of carbonyl (C=O) groups is 1. The molecule has 0 unspecified atom stereocenters. The third-order valence-corrected chi connectivity index (χ3v) is 2.81. The van der Waals surface area contributed by atoms with Gasteiger partial charge in [-0.15, -0.1) is 0 Å². The van der Waals surface area contributed by atoms with Gasteiger partial charge in [-0.2, -0.15) is 0 Å². The lowest BCUT2D eigenvalue weighted by molar-refractivity contribution is -0.385. The first kappa shape index (κ1) is 13.5. The zero-order valence-electron chi connectivity index (χ0n) is 10.7. The van der Waals surface area contributed by atoms with Crippen molar-refractivity contribution in [3.05, 3.63) is 57.8 Å². The van der Waals surface area contributed by atoms with Gasteiger partial charge in [0, 0.05) is 23.3 Å². The fourth-order valence-electron chi connectivity index (χ4n) is 1.84. The molecule has 2 aromatic rings. The summed E-state index contributed by atoms with van der Waals surface area (Å²) in [6, 6.07) is 8.13. The van der Waals surface area contributed by atoms with E-state index in [-0.39, 0.29) is 5.69 Å². The molecule has 6 nitrogen and oxygen atoms in total. The maximum Gasteiger partial charge on any atom is 0.273 e. The third kappa shape index (κ3) is 2.74. The highest BCUT2D eigenvalue weighted by atomic mass is 16.6. The Morgan fingerprint density at radius 1 is 1.35 bits per heavy atom. The molecule has 2 N–H and O–H groups in total. The Labute approximate surface area is 114 Å². The minimum absolute atomic E-state index is 0.0353. The Balaban J connectivity index is 2.40. The lowest BCUT2D eigenvalue weighted by Gasteiger charge is -2.02. The molecule has 0 saturated heterocycles. The maximum absolute atomic E-state index is 10.9. The number of nitro benzene ring substituents is 1. The molecule has 0 spiro atoms. The van der Waals surface area contributed by atoms with Gasteiger partial charge in [-0.25, -0.2) is 0 Å². The maximum atomic E-state index is 10.9. The zero-order valence-corrected chi connectivity index (χ0v) is 10.7. The van der Waals surface area contributed by atoms with E-state index in [1.807, 2.05) is 0 Å². The Bertz CT molecular complexity index is 701. The van der Waals surface area contributed by atoms with Crippen LogP contribution in [-0.4, -0.2) is 10.8 Å². The molecule has 1 aromatic heterocycles. The molecule has 6 heteroatoms. The fourth-order valence-corrected chi connectivity index (χ4v) is 1.84. The molecule has 0 aliphatic rings. The highest BCUT2D eigenvalue weighted by Crippen LogP contribution is 2.31. The first-order chi connectivity index (χ1) is 9.49. The van der Waals surface area contributed by atoms with Gasteiger partial charge in [0.1, 0.15) is 11.5 Å². The molecule has 0 saturated carbocycles. The first-order valence-corrected chi connectivity index (χ1v) is 5.81. The van der Waals surface area contributed by atoms with E-state index in [0.717, 1.165) is 0 Å². The van der Waals surface area contributed by atoms with Crippen molar-refractivity contribution in [1.82, 2.24) is 0 Å². The van der Waals surface area contributed by atoms with Crippen molar-refractivity contribution in [2.75, 3.05) is 0 Å². The van der Waals surface area contributed by atoms with Crippen LogP contribution < -0.4 is 5.73 Å². The fraction of sp³-hybridized carbons (Fsp3) is 0.0714. The summed E-state index contributed by atoms with van der Waals surface area (Å²) in [5.74, 6) is 0.370.